The predicted octanol–water partition coefficient (Wildman–Crippen LogP) is 4.73. The molecule has 6 heteroatoms. The maximum atomic E-state index is 13.3. The van der Waals surface area contributed by atoms with Gasteiger partial charge in [-0.2, -0.15) is 4.98 Å². The van der Waals surface area contributed by atoms with E-state index < -0.39 is 11.6 Å². The van der Waals surface area contributed by atoms with Gasteiger partial charge in [0.15, 0.2) is 11.6 Å². The van der Waals surface area contributed by atoms with Crippen molar-refractivity contribution < 1.29 is 8.78 Å². The van der Waals surface area contributed by atoms with Crippen molar-refractivity contribution in [1.82, 2.24) is 9.97 Å². The number of aryl methyl sites for hydroxylation is 2. The summed E-state index contributed by atoms with van der Waals surface area (Å²) in [7, 11) is 0. The van der Waals surface area contributed by atoms with Gasteiger partial charge < -0.3 is 10.6 Å². The molecule has 0 aliphatic heterocycles. The molecule has 0 spiro atoms. The van der Waals surface area contributed by atoms with Gasteiger partial charge in [0.2, 0.25) is 5.95 Å². The van der Waals surface area contributed by atoms with E-state index in [0.29, 0.717) is 24.0 Å². The number of hydrogen-bond donors (Lipinski definition) is 2. The first-order valence-corrected chi connectivity index (χ1v) is 7.87. The second-order valence-electron chi connectivity index (χ2n) is 5.75. The SMILES string of the molecule is Cc1cc(Nc2ccc(F)c(F)c2)nc(NCc2ccccc2C)n1. The molecule has 3 aromatic rings. The normalized spacial score (nSPS) is 10.6. The van der Waals surface area contributed by atoms with Crippen LogP contribution in [-0.4, -0.2) is 9.97 Å². The lowest BCUT2D eigenvalue weighted by Crippen LogP contribution is -2.07. The lowest BCUT2D eigenvalue weighted by atomic mass is 10.1. The molecule has 0 saturated heterocycles. The summed E-state index contributed by atoms with van der Waals surface area (Å²) in [6.07, 6.45) is 0. The highest BCUT2D eigenvalue weighted by molar-refractivity contribution is 5.57. The summed E-state index contributed by atoms with van der Waals surface area (Å²) in [6, 6.07) is 13.4. The topological polar surface area (TPSA) is 49.8 Å². The fourth-order valence-corrected chi connectivity index (χ4v) is 2.42. The molecule has 1 heterocycles. The van der Waals surface area contributed by atoms with Crippen molar-refractivity contribution in [2.75, 3.05) is 10.6 Å². The number of halogens is 2. The Morgan fingerprint density at radius 2 is 1.72 bits per heavy atom. The zero-order valence-corrected chi connectivity index (χ0v) is 14.0. The van der Waals surface area contributed by atoms with Gasteiger partial charge in [0.25, 0.3) is 0 Å². The van der Waals surface area contributed by atoms with Crippen LogP contribution in [0.2, 0.25) is 0 Å². The third-order valence-electron chi connectivity index (χ3n) is 3.74. The molecule has 0 bridgehead atoms. The molecular weight excluding hydrogens is 322 g/mol. The van der Waals surface area contributed by atoms with Crippen molar-refractivity contribution in [3.05, 3.63) is 77.0 Å². The standard InChI is InChI=1S/C19H18F2N4/c1-12-5-3-4-6-14(12)11-22-19-23-13(2)9-18(25-19)24-15-7-8-16(20)17(21)10-15/h3-10H,11H2,1-2H3,(H2,22,23,24,25). The molecule has 25 heavy (non-hydrogen) atoms. The molecule has 0 aliphatic carbocycles. The number of nitrogens with zero attached hydrogens (tertiary/aromatic N) is 2. The highest BCUT2D eigenvalue weighted by Crippen LogP contribution is 2.19. The molecule has 0 saturated carbocycles. The van der Waals surface area contributed by atoms with Crippen LogP contribution in [0.4, 0.5) is 26.2 Å². The summed E-state index contributed by atoms with van der Waals surface area (Å²) >= 11 is 0. The van der Waals surface area contributed by atoms with Crippen LogP contribution in [0.5, 0.6) is 0 Å². The van der Waals surface area contributed by atoms with Crippen molar-refractivity contribution in [3.8, 4) is 0 Å². The van der Waals surface area contributed by atoms with E-state index in [1.807, 2.05) is 38.1 Å². The van der Waals surface area contributed by atoms with Crippen LogP contribution in [0.25, 0.3) is 0 Å². The average molecular weight is 340 g/mol. The average Bonchev–Trinajstić information content (AvgIpc) is 2.57. The maximum absolute atomic E-state index is 13.3. The monoisotopic (exact) mass is 340 g/mol. The Balaban J connectivity index is 1.76. The van der Waals surface area contributed by atoms with Crippen LogP contribution in [0.15, 0.2) is 48.5 Å². The minimum absolute atomic E-state index is 0.418. The van der Waals surface area contributed by atoms with Crippen molar-refractivity contribution in [3.63, 3.8) is 0 Å². The van der Waals surface area contributed by atoms with Crippen LogP contribution in [0.1, 0.15) is 16.8 Å². The molecule has 2 aromatic carbocycles. The van der Waals surface area contributed by atoms with Crippen LogP contribution in [0.3, 0.4) is 0 Å². The van der Waals surface area contributed by atoms with E-state index >= 15 is 0 Å². The largest absolute Gasteiger partial charge is 0.350 e. The van der Waals surface area contributed by atoms with Gasteiger partial charge in [-0.05, 0) is 37.1 Å². The van der Waals surface area contributed by atoms with Crippen LogP contribution in [-0.2, 0) is 6.54 Å². The maximum Gasteiger partial charge on any atom is 0.225 e. The number of nitrogens with one attached hydrogen (secondary N) is 2. The van der Waals surface area contributed by atoms with Gasteiger partial charge >= 0.3 is 0 Å². The quantitative estimate of drug-likeness (QED) is 0.705. The lowest BCUT2D eigenvalue weighted by Gasteiger charge is -2.11. The lowest BCUT2D eigenvalue weighted by molar-refractivity contribution is 0.509. The van der Waals surface area contributed by atoms with Crippen LogP contribution in [0, 0.1) is 25.5 Å². The molecule has 3 rings (SSSR count). The van der Waals surface area contributed by atoms with Crippen molar-refractivity contribution in [1.29, 1.82) is 0 Å². The molecule has 0 unspecified atom stereocenters. The number of aromatic nitrogens is 2. The van der Waals surface area contributed by atoms with Gasteiger partial charge in [-0.1, -0.05) is 24.3 Å². The second-order valence-corrected chi connectivity index (χ2v) is 5.75. The second kappa shape index (κ2) is 7.25. The molecule has 2 N–H and O–H groups in total. The molecule has 0 radical (unpaired) electrons. The predicted molar refractivity (Wildman–Crippen MR) is 94.9 cm³/mol. The Hall–Kier alpha value is -3.02. The minimum atomic E-state index is -0.909. The highest BCUT2D eigenvalue weighted by Gasteiger charge is 2.06. The van der Waals surface area contributed by atoms with E-state index in [2.05, 4.69) is 20.6 Å². The highest BCUT2D eigenvalue weighted by atomic mass is 19.2. The Morgan fingerprint density at radius 1 is 0.920 bits per heavy atom. The van der Waals surface area contributed by atoms with Crippen LogP contribution < -0.4 is 10.6 Å². The Bertz CT molecular complexity index is 896. The van der Waals surface area contributed by atoms with Crippen molar-refractivity contribution >= 4 is 17.5 Å². The molecule has 128 valence electrons. The van der Waals surface area contributed by atoms with E-state index in [0.717, 1.165) is 23.4 Å². The van der Waals surface area contributed by atoms with Gasteiger partial charge in [-0.15, -0.1) is 0 Å². The van der Waals surface area contributed by atoms with E-state index in [1.165, 1.54) is 11.6 Å². The molecule has 0 atom stereocenters. The van der Waals surface area contributed by atoms with Gasteiger partial charge in [0, 0.05) is 30.1 Å². The van der Waals surface area contributed by atoms with E-state index in [4.69, 9.17) is 0 Å². The zero-order chi connectivity index (χ0) is 17.8. The number of rotatable bonds is 5. The summed E-state index contributed by atoms with van der Waals surface area (Å²) in [5.74, 6) is -0.821. The Labute approximate surface area is 145 Å². The molecule has 0 fully saturated rings. The third kappa shape index (κ3) is 4.29. The number of hydrogen-bond acceptors (Lipinski definition) is 4. The molecular formula is C19H18F2N4. The fourth-order valence-electron chi connectivity index (χ4n) is 2.42. The molecule has 1 aromatic heterocycles. The van der Waals surface area contributed by atoms with Gasteiger partial charge in [-0.25, -0.2) is 13.8 Å². The smallest absolute Gasteiger partial charge is 0.225 e. The summed E-state index contributed by atoms with van der Waals surface area (Å²) in [6.45, 7) is 4.49. The van der Waals surface area contributed by atoms with Gasteiger partial charge in [0.05, 0.1) is 0 Å². The zero-order valence-electron chi connectivity index (χ0n) is 14.0. The first kappa shape index (κ1) is 16.8. The first-order valence-electron chi connectivity index (χ1n) is 7.87. The van der Waals surface area contributed by atoms with Crippen LogP contribution >= 0.6 is 0 Å². The van der Waals surface area contributed by atoms with Crippen molar-refractivity contribution in [2.45, 2.75) is 20.4 Å². The summed E-state index contributed by atoms with van der Waals surface area (Å²) in [5.41, 5.74) is 3.51. The van der Waals surface area contributed by atoms with E-state index in [1.54, 1.807) is 6.07 Å². The fraction of sp³-hybridized carbons (Fsp3) is 0.158. The molecule has 0 aliphatic rings. The summed E-state index contributed by atoms with van der Waals surface area (Å²) < 4.78 is 26.3. The van der Waals surface area contributed by atoms with Gasteiger partial charge in [-0.3, -0.25) is 0 Å². The van der Waals surface area contributed by atoms with Crippen molar-refractivity contribution in [2.24, 2.45) is 0 Å². The minimum Gasteiger partial charge on any atom is -0.350 e. The third-order valence-corrected chi connectivity index (χ3v) is 3.74. The van der Waals surface area contributed by atoms with Gasteiger partial charge in [0.1, 0.15) is 5.82 Å². The Kier molecular flexibility index (Phi) is 4.88. The summed E-state index contributed by atoms with van der Waals surface area (Å²) in [4.78, 5) is 8.73. The first-order chi connectivity index (χ1) is 12.0. The Morgan fingerprint density at radius 3 is 2.48 bits per heavy atom. The number of anilines is 3. The van der Waals surface area contributed by atoms with E-state index in [9.17, 15) is 8.78 Å². The molecule has 0 amide bonds. The van der Waals surface area contributed by atoms with E-state index in [-0.39, 0.29) is 0 Å². The molecule has 4 nitrogen and oxygen atoms in total. The summed E-state index contributed by atoms with van der Waals surface area (Å²) in [5, 5.41) is 6.16. The number of benzene rings is 2.